The Bertz CT molecular complexity index is 3690. The van der Waals surface area contributed by atoms with Gasteiger partial charge < -0.3 is 70.6 Å². The van der Waals surface area contributed by atoms with Crippen LogP contribution in [0.15, 0.2) is 97.1 Å². The van der Waals surface area contributed by atoms with Gasteiger partial charge in [0.2, 0.25) is 5.95 Å². The van der Waals surface area contributed by atoms with Gasteiger partial charge in [-0.15, -0.1) is 10.2 Å². The van der Waals surface area contributed by atoms with Crippen LogP contribution in [0.4, 0.5) is 27.0 Å². The summed E-state index contributed by atoms with van der Waals surface area (Å²) in [5.41, 5.74) is 17.4. The third-order valence-corrected chi connectivity index (χ3v) is 19.3. The number of nitrogens with two attached hydrogens (primary N) is 2. The lowest BCUT2D eigenvalue weighted by Crippen LogP contribution is -2.51. The molecule has 5 aromatic rings. The van der Waals surface area contributed by atoms with Gasteiger partial charge in [-0.25, -0.2) is 9.59 Å². The van der Waals surface area contributed by atoms with Gasteiger partial charge in [-0.2, -0.15) is 4.98 Å². The van der Waals surface area contributed by atoms with Gasteiger partial charge in [-0.3, -0.25) is 24.0 Å². The number of likely N-dealkylation sites (tertiary alicyclic amines) is 2. The lowest BCUT2D eigenvalue weighted by atomic mass is 9.86. The van der Waals surface area contributed by atoms with Crippen molar-refractivity contribution < 1.29 is 47.8 Å². The van der Waals surface area contributed by atoms with E-state index in [0.29, 0.717) is 93.4 Å². The van der Waals surface area contributed by atoms with E-state index in [1.54, 1.807) is 48.8 Å². The van der Waals surface area contributed by atoms with Crippen LogP contribution in [-0.2, 0) is 30.5 Å². The molecule has 0 unspecified atom stereocenters. The normalized spacial score (nSPS) is 18.8. The molecule has 24 nitrogen and oxygen atoms in total. The van der Waals surface area contributed by atoms with E-state index >= 15 is 0 Å². The van der Waals surface area contributed by atoms with Gasteiger partial charge in [-0.05, 0) is 193 Å². The number of hydrogen-bond acceptors (Lipinski definition) is 17. The third kappa shape index (κ3) is 24.9. The van der Waals surface area contributed by atoms with Gasteiger partial charge in [0.05, 0.1) is 13.2 Å². The number of primary amides is 1. The lowest BCUT2D eigenvalue weighted by molar-refractivity contribution is 0.0122. The maximum Gasteiger partial charge on any atom is 0.410 e. The highest BCUT2D eigenvalue weighted by atomic mass is 16.6. The summed E-state index contributed by atoms with van der Waals surface area (Å²) in [5.74, 6) is -0.257. The molecule has 5 aliphatic heterocycles. The molecular weight excluding hydrogens is 1330 g/mol. The first-order valence-electron chi connectivity index (χ1n) is 37.3. The summed E-state index contributed by atoms with van der Waals surface area (Å²) >= 11 is 0. The molecule has 5 saturated heterocycles. The summed E-state index contributed by atoms with van der Waals surface area (Å²) in [7, 11) is 5.56. The molecule has 10 rings (SSSR count). The molecule has 105 heavy (non-hydrogen) atoms. The predicted octanol–water partition coefficient (Wildman–Crippen LogP) is 11.8. The number of nitrogens with zero attached hydrogens (tertiary/aromatic N) is 10. The summed E-state index contributed by atoms with van der Waals surface area (Å²) in [5, 5.41) is 14.8. The molecule has 0 spiro atoms. The maximum atomic E-state index is 13.4. The number of anilines is 3. The van der Waals surface area contributed by atoms with Crippen LogP contribution in [0, 0.1) is 0 Å². The van der Waals surface area contributed by atoms with Crippen LogP contribution in [0.5, 0.6) is 0 Å². The number of carbonyl (C=O) groups excluding carboxylic acids is 7. The van der Waals surface area contributed by atoms with Crippen LogP contribution in [0.25, 0.3) is 0 Å². The van der Waals surface area contributed by atoms with E-state index in [1.165, 1.54) is 16.7 Å². The van der Waals surface area contributed by atoms with Crippen molar-refractivity contribution in [1.82, 2.24) is 49.9 Å². The van der Waals surface area contributed by atoms with Crippen LogP contribution in [0.3, 0.4) is 0 Å². The second kappa shape index (κ2) is 36.5. The number of hydrogen-bond donors (Lipinski definition) is 4. The van der Waals surface area contributed by atoms with E-state index < -0.39 is 17.1 Å². The molecule has 1 aromatic heterocycles. The topological polar surface area (TPSA) is 285 Å². The molecule has 6 N–H and O–H groups in total. The van der Waals surface area contributed by atoms with Crippen molar-refractivity contribution in [1.29, 1.82) is 0 Å². The number of nitrogens with one attached hydrogen (secondary N) is 2. The van der Waals surface area contributed by atoms with Crippen molar-refractivity contribution in [3.8, 4) is 0 Å². The monoisotopic (exact) mass is 1450 g/mol. The van der Waals surface area contributed by atoms with Crippen LogP contribution in [0.1, 0.15) is 224 Å². The Hall–Kier alpha value is -8.74. The lowest BCUT2D eigenvalue weighted by Gasteiger charge is -2.38. The first-order valence-corrected chi connectivity index (χ1v) is 37.3. The number of rotatable bonds is 11. The second-order valence-corrected chi connectivity index (χ2v) is 33.3. The van der Waals surface area contributed by atoms with Crippen LogP contribution >= 0.6 is 0 Å². The standard InChI is InChI=1S/C32H40N8O4.C22H34N2O3.C17H26N2O.C10H20N2O2/c1-32(2,3)23-11-7-21(8-12-23)29(42)38(4)25-6-5-15-40(20-25)31-35-28(26(27(33)41)36-37-31)34-24-13-9-22(10-14-24)30(43)39-16-18-44-19-17-39;1-21(2,3)17-12-10-16(11-13-17)19(25)23(7)18-9-8-14-24(15-18)20(26)27-22(4,5)6;1-17(2,3)14-9-7-13(8-10-14)16(20)19(4)15-6-5-11-18-12-15;1-10(2,3)14-9(13)12-6-4-5-8(11)7-12/h7-14,25H,5-6,15-20H2,1-4H3,(H2,33,41)(H,34,35,37);10-13,18H,8-9,14-15H2,1-7H3;7-10,15,18H,5-6,11-12H2,1-4H3;8H,4-7,11H2,1-3H3/t25-;18-;15-;8-/m1111/s1. The van der Waals surface area contributed by atoms with Gasteiger partial charge >= 0.3 is 12.2 Å². The Morgan fingerprint density at radius 2 is 0.905 bits per heavy atom. The number of aromatic nitrogens is 3. The van der Waals surface area contributed by atoms with E-state index in [1.807, 2.05) is 133 Å². The first-order chi connectivity index (χ1) is 49.2. The van der Waals surface area contributed by atoms with Gasteiger partial charge in [-0.1, -0.05) is 98.7 Å². The largest absolute Gasteiger partial charge is 0.444 e. The van der Waals surface area contributed by atoms with Crippen LogP contribution in [-0.4, -0.2) is 221 Å². The zero-order valence-corrected chi connectivity index (χ0v) is 65.9. The maximum absolute atomic E-state index is 13.4. The zero-order valence-electron chi connectivity index (χ0n) is 65.9. The minimum Gasteiger partial charge on any atom is -0.444 e. The minimum absolute atomic E-state index is 0.000982. The number of carbonyl (C=O) groups is 7. The molecule has 24 heteroatoms. The SMILES string of the molecule is CC(C)(C)OC(=O)N1CCC[C@@H](N)C1.CN(C(=O)c1ccc(C(C)(C)C)cc1)[C@@H]1CCCN(C(=O)OC(C)(C)C)C1.CN(C(=O)c1ccc(C(C)(C)C)cc1)[C@@H]1CCCN(c2nnc(C(N)=O)c(Nc3ccc(C(=O)N4CCOCC4)cc3)n2)C1.CN(C(=O)c1ccc(C(C)(C)C)cc1)[C@@H]1CCCNC1. The Morgan fingerprint density at radius 3 is 1.32 bits per heavy atom. The summed E-state index contributed by atoms with van der Waals surface area (Å²) in [4.78, 5) is 105. The first kappa shape index (κ1) is 83.5. The molecule has 5 aliphatic rings. The average molecular weight is 1450 g/mol. The highest BCUT2D eigenvalue weighted by Crippen LogP contribution is 2.30. The molecule has 0 bridgehead atoms. The van der Waals surface area contributed by atoms with Gasteiger partial charge in [0.15, 0.2) is 11.5 Å². The van der Waals surface area contributed by atoms with Crippen molar-refractivity contribution in [2.45, 2.75) is 207 Å². The predicted molar refractivity (Wildman–Crippen MR) is 413 cm³/mol. The fraction of sp³-hybridized carbons (Fsp3) is 0.580. The Morgan fingerprint density at radius 1 is 0.495 bits per heavy atom. The molecule has 7 amide bonds. The molecule has 6 heterocycles. The fourth-order valence-electron chi connectivity index (χ4n) is 12.8. The summed E-state index contributed by atoms with van der Waals surface area (Å²) in [6.07, 6.45) is 7.09. The van der Waals surface area contributed by atoms with Gasteiger partial charge in [0.1, 0.15) is 11.2 Å². The highest BCUT2D eigenvalue weighted by molar-refractivity contribution is 5.98. The number of benzene rings is 4. The van der Waals surface area contributed by atoms with E-state index in [2.05, 4.69) is 100 Å². The van der Waals surface area contributed by atoms with Crippen molar-refractivity contribution in [2.75, 3.05) is 110 Å². The quantitative estimate of drug-likeness (QED) is 0.0956. The summed E-state index contributed by atoms with van der Waals surface area (Å²) in [6, 6.07) is 31.0. The molecule has 0 saturated carbocycles. The Labute approximate surface area is 624 Å². The number of likely N-dealkylation sites (N-methyl/N-ethyl adjacent to an activating group) is 3. The Balaban J connectivity index is 0.000000215. The van der Waals surface area contributed by atoms with Gasteiger partial charge in [0.25, 0.3) is 29.5 Å². The van der Waals surface area contributed by atoms with E-state index in [0.717, 1.165) is 76.6 Å². The smallest absolute Gasteiger partial charge is 0.410 e. The Kier molecular flexibility index (Phi) is 29.0. The number of morpholine rings is 1. The van der Waals surface area contributed by atoms with Crippen LogP contribution < -0.4 is 27.0 Å². The van der Waals surface area contributed by atoms with E-state index in [-0.39, 0.29) is 81.7 Å². The fourth-order valence-corrected chi connectivity index (χ4v) is 12.8. The minimum atomic E-state index is -0.766. The van der Waals surface area contributed by atoms with E-state index in [9.17, 15) is 33.6 Å². The molecule has 0 aliphatic carbocycles. The van der Waals surface area contributed by atoms with E-state index in [4.69, 9.17) is 25.7 Å². The molecular formula is C81H120N14O10. The summed E-state index contributed by atoms with van der Waals surface area (Å²) in [6.45, 7) is 38.6. The molecule has 574 valence electrons. The van der Waals surface area contributed by atoms with Crippen molar-refractivity contribution in [3.63, 3.8) is 0 Å². The molecule has 0 radical (unpaired) electrons. The number of ether oxygens (including phenoxy) is 3. The van der Waals surface area contributed by atoms with Crippen molar-refractivity contribution in [3.05, 3.63) is 142 Å². The number of amides is 7. The third-order valence-electron chi connectivity index (χ3n) is 19.3. The average Bonchev–Trinajstić information content (AvgIpc) is 0.809. The number of piperidine rings is 4. The highest BCUT2D eigenvalue weighted by Gasteiger charge is 2.34. The summed E-state index contributed by atoms with van der Waals surface area (Å²) < 4.78 is 16.1. The molecule has 4 atom stereocenters. The second-order valence-electron chi connectivity index (χ2n) is 33.3. The zero-order chi connectivity index (χ0) is 77.4. The molecule has 5 fully saturated rings. The van der Waals surface area contributed by atoms with Crippen molar-refractivity contribution >= 4 is 59.2 Å². The van der Waals surface area contributed by atoms with Crippen molar-refractivity contribution in [2.24, 2.45) is 11.5 Å². The van der Waals surface area contributed by atoms with Gasteiger partial charge in [0, 0.05) is 132 Å². The van der Waals surface area contributed by atoms with Crippen LogP contribution in [0.2, 0.25) is 0 Å². The molecule has 4 aromatic carbocycles.